The van der Waals surface area contributed by atoms with Gasteiger partial charge in [-0.25, -0.2) is 0 Å². The zero-order valence-corrected chi connectivity index (χ0v) is 14.3. The number of aryl methyl sites for hydroxylation is 1. The molecule has 2 aliphatic rings. The quantitative estimate of drug-likeness (QED) is 0.865. The van der Waals surface area contributed by atoms with E-state index in [4.69, 9.17) is 0 Å². The van der Waals surface area contributed by atoms with Gasteiger partial charge in [0.05, 0.1) is 0 Å². The summed E-state index contributed by atoms with van der Waals surface area (Å²) in [6, 6.07) is 6.07. The van der Waals surface area contributed by atoms with Crippen molar-refractivity contribution in [3.63, 3.8) is 0 Å². The van der Waals surface area contributed by atoms with Gasteiger partial charge >= 0.3 is 0 Å². The normalized spacial score (nSPS) is 19.0. The Balaban J connectivity index is 1.81. The van der Waals surface area contributed by atoms with Crippen LogP contribution in [-0.4, -0.2) is 29.8 Å². The highest BCUT2D eigenvalue weighted by atomic mass is 16.2. The first kappa shape index (κ1) is 16.0. The summed E-state index contributed by atoms with van der Waals surface area (Å²) in [7, 11) is 0. The molecule has 4 heteroatoms. The molecular formula is C19H26N2O2. The van der Waals surface area contributed by atoms with Gasteiger partial charge in [-0.15, -0.1) is 0 Å². The first-order valence-corrected chi connectivity index (χ1v) is 8.66. The molecule has 0 aromatic heterocycles. The minimum Gasteiger partial charge on any atom is -0.342 e. The van der Waals surface area contributed by atoms with Crippen molar-refractivity contribution in [1.82, 2.24) is 4.90 Å². The molecule has 1 aliphatic carbocycles. The van der Waals surface area contributed by atoms with Crippen LogP contribution in [0.25, 0.3) is 0 Å². The number of anilines is 1. The predicted molar refractivity (Wildman–Crippen MR) is 91.4 cm³/mol. The minimum absolute atomic E-state index is 0.0344. The number of benzene rings is 1. The van der Waals surface area contributed by atoms with Crippen molar-refractivity contribution in [2.45, 2.75) is 52.4 Å². The maximum atomic E-state index is 12.9. The Morgan fingerprint density at radius 3 is 2.39 bits per heavy atom. The van der Waals surface area contributed by atoms with Crippen molar-refractivity contribution in [2.24, 2.45) is 5.41 Å². The van der Waals surface area contributed by atoms with Crippen molar-refractivity contribution in [2.75, 3.05) is 18.4 Å². The molecule has 2 fully saturated rings. The molecule has 2 amide bonds. The molecule has 1 aliphatic heterocycles. The molecule has 1 N–H and O–H groups in total. The fourth-order valence-corrected chi connectivity index (χ4v) is 3.46. The van der Waals surface area contributed by atoms with Crippen LogP contribution >= 0.6 is 0 Å². The van der Waals surface area contributed by atoms with Crippen LogP contribution in [0, 0.1) is 12.3 Å². The van der Waals surface area contributed by atoms with E-state index in [1.807, 2.05) is 24.0 Å². The lowest BCUT2D eigenvalue weighted by atomic mass is 9.97. The Morgan fingerprint density at radius 1 is 1.17 bits per heavy atom. The van der Waals surface area contributed by atoms with E-state index in [1.54, 1.807) is 0 Å². The maximum absolute atomic E-state index is 12.9. The molecule has 4 nitrogen and oxygen atoms in total. The molecule has 3 rings (SSSR count). The fraction of sp³-hybridized carbons (Fsp3) is 0.579. The Morgan fingerprint density at radius 2 is 1.83 bits per heavy atom. The number of likely N-dealkylation sites (tertiary alicyclic amines) is 1. The second-order valence-corrected chi connectivity index (χ2v) is 7.23. The van der Waals surface area contributed by atoms with E-state index in [0.29, 0.717) is 18.8 Å². The van der Waals surface area contributed by atoms with Gasteiger partial charge in [0, 0.05) is 18.8 Å². The van der Waals surface area contributed by atoms with Crippen LogP contribution < -0.4 is 5.32 Å². The summed E-state index contributed by atoms with van der Waals surface area (Å²) in [6.07, 6.45) is 3.46. The average Bonchev–Trinajstić information content (AvgIpc) is 3.15. The number of nitrogens with one attached hydrogen (secondary N) is 1. The summed E-state index contributed by atoms with van der Waals surface area (Å²) in [4.78, 5) is 27.5. The molecule has 23 heavy (non-hydrogen) atoms. The Bertz CT molecular complexity index is 626. The second-order valence-electron chi connectivity index (χ2n) is 7.23. The molecule has 124 valence electrons. The van der Waals surface area contributed by atoms with Crippen LogP contribution in [0.2, 0.25) is 0 Å². The van der Waals surface area contributed by atoms with E-state index in [9.17, 15) is 9.59 Å². The number of carbonyl (C=O) groups excluding carboxylic acids is 2. The molecule has 0 bridgehead atoms. The number of hydrogen-bond donors (Lipinski definition) is 1. The summed E-state index contributed by atoms with van der Waals surface area (Å²) < 4.78 is 0. The van der Waals surface area contributed by atoms with Gasteiger partial charge in [0.2, 0.25) is 11.8 Å². The van der Waals surface area contributed by atoms with Crippen LogP contribution in [-0.2, 0) is 9.59 Å². The molecule has 0 unspecified atom stereocenters. The highest BCUT2D eigenvalue weighted by molar-refractivity contribution is 6.13. The molecular weight excluding hydrogens is 288 g/mol. The van der Waals surface area contributed by atoms with Crippen LogP contribution in [0.3, 0.4) is 0 Å². The average molecular weight is 314 g/mol. The highest BCUT2D eigenvalue weighted by Gasteiger charge is 2.58. The van der Waals surface area contributed by atoms with E-state index in [1.165, 1.54) is 0 Å². The standard InChI is InChI=1S/C19H26N2O2/c1-13(2)15-8-6-7-14(3)16(15)20-17(22)19(9-10-19)18(23)21-11-4-5-12-21/h6-8,13H,4-5,9-12H2,1-3H3,(H,20,22). The molecule has 1 aromatic rings. The van der Waals surface area contributed by atoms with Gasteiger partial charge in [-0.05, 0) is 49.7 Å². The van der Waals surface area contributed by atoms with Crippen molar-refractivity contribution >= 4 is 17.5 Å². The highest BCUT2D eigenvalue weighted by Crippen LogP contribution is 2.49. The number of amides is 2. The lowest BCUT2D eigenvalue weighted by Crippen LogP contribution is -2.41. The van der Waals surface area contributed by atoms with Gasteiger partial charge in [-0.1, -0.05) is 32.0 Å². The summed E-state index contributed by atoms with van der Waals surface area (Å²) >= 11 is 0. The summed E-state index contributed by atoms with van der Waals surface area (Å²) in [5.41, 5.74) is 2.26. The SMILES string of the molecule is Cc1cccc(C(C)C)c1NC(=O)C1(C(=O)N2CCCC2)CC1. The smallest absolute Gasteiger partial charge is 0.240 e. The van der Waals surface area contributed by atoms with Crippen LogP contribution in [0.15, 0.2) is 18.2 Å². The maximum Gasteiger partial charge on any atom is 0.240 e. The van der Waals surface area contributed by atoms with Crippen molar-refractivity contribution in [3.05, 3.63) is 29.3 Å². The van der Waals surface area contributed by atoms with E-state index in [-0.39, 0.29) is 11.8 Å². The summed E-state index contributed by atoms with van der Waals surface area (Å²) in [5, 5.41) is 3.08. The number of hydrogen-bond acceptors (Lipinski definition) is 2. The van der Waals surface area contributed by atoms with Gasteiger partial charge in [0.25, 0.3) is 0 Å². The molecule has 1 saturated carbocycles. The zero-order chi connectivity index (χ0) is 16.6. The Hall–Kier alpha value is -1.84. The Labute approximate surface area is 138 Å². The third-order valence-electron chi connectivity index (χ3n) is 5.15. The van der Waals surface area contributed by atoms with Gasteiger partial charge in [0.15, 0.2) is 0 Å². The van der Waals surface area contributed by atoms with E-state index in [2.05, 4.69) is 25.2 Å². The first-order chi connectivity index (χ1) is 11.0. The molecule has 1 heterocycles. The number of para-hydroxylation sites is 1. The first-order valence-electron chi connectivity index (χ1n) is 8.66. The van der Waals surface area contributed by atoms with Crippen LogP contribution in [0.1, 0.15) is 56.6 Å². The monoisotopic (exact) mass is 314 g/mol. The fourth-order valence-electron chi connectivity index (χ4n) is 3.46. The molecule has 0 radical (unpaired) electrons. The van der Waals surface area contributed by atoms with Crippen LogP contribution in [0.5, 0.6) is 0 Å². The van der Waals surface area contributed by atoms with Gasteiger partial charge in [0.1, 0.15) is 5.41 Å². The second kappa shape index (κ2) is 5.99. The largest absolute Gasteiger partial charge is 0.342 e. The summed E-state index contributed by atoms with van der Waals surface area (Å²) in [5.74, 6) is 0.243. The zero-order valence-electron chi connectivity index (χ0n) is 14.3. The summed E-state index contributed by atoms with van der Waals surface area (Å²) in [6.45, 7) is 7.84. The van der Waals surface area contributed by atoms with Crippen molar-refractivity contribution in [3.8, 4) is 0 Å². The number of carbonyl (C=O) groups is 2. The lowest BCUT2D eigenvalue weighted by Gasteiger charge is -2.24. The molecule has 0 atom stereocenters. The van der Waals surface area contributed by atoms with Crippen molar-refractivity contribution < 1.29 is 9.59 Å². The molecule has 0 spiro atoms. The lowest BCUT2D eigenvalue weighted by molar-refractivity contribution is -0.141. The van der Waals surface area contributed by atoms with Gasteiger partial charge in [-0.2, -0.15) is 0 Å². The van der Waals surface area contributed by atoms with E-state index >= 15 is 0 Å². The van der Waals surface area contributed by atoms with Gasteiger partial charge in [-0.3, -0.25) is 9.59 Å². The third kappa shape index (κ3) is 2.87. The molecule has 1 saturated heterocycles. The topological polar surface area (TPSA) is 49.4 Å². The van der Waals surface area contributed by atoms with Gasteiger partial charge < -0.3 is 10.2 Å². The van der Waals surface area contributed by atoms with Crippen LogP contribution in [0.4, 0.5) is 5.69 Å². The van der Waals surface area contributed by atoms with Crippen molar-refractivity contribution in [1.29, 1.82) is 0 Å². The Kier molecular flexibility index (Phi) is 4.17. The van der Waals surface area contributed by atoms with E-state index < -0.39 is 5.41 Å². The third-order valence-corrected chi connectivity index (χ3v) is 5.15. The molecule has 1 aromatic carbocycles. The minimum atomic E-state index is -0.805. The van der Waals surface area contributed by atoms with E-state index in [0.717, 1.165) is 42.7 Å². The predicted octanol–water partition coefficient (Wildman–Crippen LogP) is 3.46. The number of nitrogens with zero attached hydrogens (tertiary/aromatic N) is 1. The number of rotatable bonds is 4.